The Morgan fingerprint density at radius 3 is 2.67 bits per heavy atom. The van der Waals surface area contributed by atoms with Crippen LogP contribution in [0.25, 0.3) is 11.4 Å². The minimum Gasteiger partial charge on any atom is -0.350 e. The van der Waals surface area contributed by atoms with Crippen molar-refractivity contribution in [3.63, 3.8) is 0 Å². The second kappa shape index (κ2) is 13.8. The summed E-state index contributed by atoms with van der Waals surface area (Å²) in [5.74, 6) is -2.32. The lowest BCUT2D eigenvalue weighted by Gasteiger charge is -2.26. The van der Waals surface area contributed by atoms with E-state index in [0.29, 0.717) is 22.8 Å². The van der Waals surface area contributed by atoms with Gasteiger partial charge in [-0.15, -0.1) is 0 Å². The van der Waals surface area contributed by atoms with Crippen LogP contribution in [0.5, 0.6) is 0 Å². The summed E-state index contributed by atoms with van der Waals surface area (Å²) in [6.45, 7) is 3.37. The molecule has 5 N–H and O–H groups in total. The predicted molar refractivity (Wildman–Crippen MR) is 146 cm³/mol. The van der Waals surface area contributed by atoms with E-state index in [0.717, 1.165) is 55.7 Å². The number of hydrogen-bond donors (Lipinski definition) is 4. The molecule has 1 fully saturated rings. The van der Waals surface area contributed by atoms with Gasteiger partial charge >= 0.3 is 0 Å². The number of halogens is 3. The number of fused-ring (bicyclic) bond motifs is 1. The molecule has 1 saturated heterocycles. The summed E-state index contributed by atoms with van der Waals surface area (Å²) in [6.07, 6.45) is 9.18. The van der Waals surface area contributed by atoms with Crippen molar-refractivity contribution in [1.82, 2.24) is 25.5 Å². The van der Waals surface area contributed by atoms with Crippen molar-refractivity contribution in [2.24, 2.45) is 5.73 Å². The van der Waals surface area contributed by atoms with Crippen LogP contribution in [-0.4, -0.2) is 58.4 Å². The Morgan fingerprint density at radius 1 is 1.10 bits per heavy atom. The molecule has 3 aliphatic rings. The molecule has 0 radical (unpaired) electrons. The summed E-state index contributed by atoms with van der Waals surface area (Å²) < 4.78 is 27.3. The normalized spacial score (nSPS) is 15.7. The van der Waals surface area contributed by atoms with Crippen LogP contribution in [0.4, 0.5) is 8.78 Å². The number of piperidine rings is 1. The van der Waals surface area contributed by atoms with E-state index in [1.807, 2.05) is 0 Å². The van der Waals surface area contributed by atoms with Crippen LogP contribution in [0.2, 0.25) is 5.02 Å². The summed E-state index contributed by atoms with van der Waals surface area (Å²) in [5, 5.41) is 6.03. The highest BCUT2D eigenvalue weighted by Gasteiger charge is 2.25. The first-order valence-electron chi connectivity index (χ1n) is 13.4. The predicted octanol–water partition coefficient (Wildman–Crippen LogP) is 3.77. The summed E-state index contributed by atoms with van der Waals surface area (Å²) >= 11 is 6.08. The second-order valence-electron chi connectivity index (χ2n) is 10.1. The largest absolute Gasteiger partial charge is 0.350 e. The van der Waals surface area contributed by atoms with E-state index in [2.05, 4.69) is 25.5 Å². The number of nitrogens with zero attached hydrogens (tertiary/aromatic N) is 2. The number of aromatic nitrogens is 2. The Bertz CT molecular complexity index is 1230. The van der Waals surface area contributed by atoms with E-state index in [1.54, 1.807) is 18.5 Å². The van der Waals surface area contributed by atoms with Crippen molar-refractivity contribution in [1.29, 1.82) is 0 Å². The molecular formula is C28H35ClF2N6O2. The van der Waals surface area contributed by atoms with Gasteiger partial charge in [0.1, 0.15) is 11.9 Å². The molecule has 0 spiro atoms. The van der Waals surface area contributed by atoms with E-state index in [4.69, 9.17) is 17.3 Å². The third-order valence-corrected chi connectivity index (χ3v) is 7.33. The minimum atomic E-state index is -1.04. The third-order valence-electron chi connectivity index (χ3n) is 7.11. The van der Waals surface area contributed by atoms with Crippen LogP contribution < -0.4 is 16.4 Å². The molecule has 2 atom stereocenters. The molecule has 39 heavy (non-hydrogen) atoms. The van der Waals surface area contributed by atoms with Crippen LogP contribution in [0.15, 0.2) is 36.7 Å². The number of rotatable bonds is 12. The van der Waals surface area contributed by atoms with E-state index < -0.39 is 35.5 Å². The lowest BCUT2D eigenvalue weighted by Crippen LogP contribution is -2.52. The summed E-state index contributed by atoms with van der Waals surface area (Å²) in [7, 11) is 0. The van der Waals surface area contributed by atoms with Crippen molar-refractivity contribution in [2.45, 2.75) is 63.6 Å². The van der Waals surface area contributed by atoms with Gasteiger partial charge in [-0.3, -0.25) is 9.59 Å². The minimum absolute atomic E-state index is 0.0317. The van der Waals surface area contributed by atoms with Crippen LogP contribution >= 0.6 is 11.6 Å². The monoisotopic (exact) mass is 560 g/mol. The van der Waals surface area contributed by atoms with Crippen LogP contribution in [-0.2, 0) is 22.6 Å². The second-order valence-corrected chi connectivity index (χ2v) is 10.5. The molecule has 4 rings (SSSR count). The van der Waals surface area contributed by atoms with Gasteiger partial charge in [0.15, 0.2) is 11.6 Å². The number of benzene rings is 1. The molecule has 0 unspecified atom stereocenters. The van der Waals surface area contributed by atoms with Crippen molar-refractivity contribution in [2.75, 3.05) is 19.6 Å². The molecule has 2 amide bonds. The van der Waals surface area contributed by atoms with Crippen LogP contribution in [0.1, 0.15) is 49.7 Å². The van der Waals surface area contributed by atoms with Gasteiger partial charge in [-0.1, -0.05) is 30.5 Å². The number of H-pyrrole nitrogens is 1. The highest BCUT2D eigenvalue weighted by molar-refractivity contribution is 6.30. The van der Waals surface area contributed by atoms with Gasteiger partial charge in [0.2, 0.25) is 11.8 Å². The number of hydrogen-bond acceptors (Lipinski definition) is 5. The third kappa shape index (κ3) is 8.20. The highest BCUT2D eigenvalue weighted by atomic mass is 35.5. The van der Waals surface area contributed by atoms with Crippen LogP contribution in [0.3, 0.4) is 0 Å². The molecule has 3 heterocycles. The van der Waals surface area contributed by atoms with E-state index in [1.165, 1.54) is 25.3 Å². The Hall–Kier alpha value is -3.08. The van der Waals surface area contributed by atoms with Gasteiger partial charge in [0.25, 0.3) is 0 Å². The van der Waals surface area contributed by atoms with Gasteiger partial charge in [-0.2, -0.15) is 0 Å². The molecule has 0 aliphatic carbocycles. The van der Waals surface area contributed by atoms with Crippen molar-refractivity contribution in [3.05, 3.63) is 64.4 Å². The fourth-order valence-corrected chi connectivity index (χ4v) is 5.04. The average molecular weight is 561 g/mol. The van der Waals surface area contributed by atoms with E-state index in [-0.39, 0.29) is 13.0 Å². The van der Waals surface area contributed by atoms with E-state index in [9.17, 15) is 18.4 Å². The molecule has 0 bridgehead atoms. The Morgan fingerprint density at radius 2 is 1.90 bits per heavy atom. The van der Waals surface area contributed by atoms with Gasteiger partial charge in [0, 0.05) is 36.5 Å². The van der Waals surface area contributed by atoms with E-state index >= 15 is 0 Å². The fourth-order valence-electron chi connectivity index (χ4n) is 4.88. The Kier molecular flexibility index (Phi) is 10.2. The zero-order valence-electron chi connectivity index (χ0n) is 21.8. The number of nitrogens with one attached hydrogen (secondary N) is 3. The lowest BCUT2D eigenvalue weighted by molar-refractivity contribution is -0.129. The van der Waals surface area contributed by atoms with Crippen molar-refractivity contribution < 1.29 is 18.4 Å². The lowest BCUT2D eigenvalue weighted by atomic mass is 10.0. The smallest absolute Gasteiger partial charge is 0.243 e. The van der Waals surface area contributed by atoms with Crippen molar-refractivity contribution >= 4 is 23.4 Å². The zero-order valence-corrected chi connectivity index (χ0v) is 22.6. The number of likely N-dealkylation sites (tertiary alicyclic amines) is 1. The molecule has 0 aromatic heterocycles. The Balaban J connectivity index is 1.36. The summed E-state index contributed by atoms with van der Waals surface area (Å²) in [5.41, 5.74) is 8.02. The quantitative estimate of drug-likeness (QED) is 0.252. The van der Waals surface area contributed by atoms with Crippen molar-refractivity contribution in [3.8, 4) is 11.4 Å². The first-order valence-corrected chi connectivity index (χ1v) is 13.8. The average Bonchev–Trinajstić information content (AvgIpc) is 3.33. The SMILES string of the molecule is N[C@H](CCCCN1CCCCC1)C(=O)N[C@@H](Cc1ccc(F)c(F)c1)C(=O)NCc1cnc2[nH]cc(Cl)cc1-2. The number of carbonyl (C=O) groups excluding carboxylic acids is 2. The Labute approximate surface area is 232 Å². The standard InChI is InChI=1S/C28H35ClF2N6O2/c29-20-14-21-19(15-33-26(21)34-17-20)16-35-28(39)25(13-18-7-8-22(30)23(31)12-18)36-27(38)24(32)6-2-5-11-37-9-3-1-4-10-37/h7-8,12,14-15,17,24-25H,1-6,9-11,13,16,32H2,(H,33,34)(H,35,39)(H,36,38)/t24-,25+/m1/s1. The molecule has 3 aliphatic heterocycles. The molecule has 1 aromatic carbocycles. The molecule has 1 aromatic rings. The highest BCUT2D eigenvalue weighted by Crippen LogP contribution is 2.26. The maximum absolute atomic E-state index is 13.8. The molecule has 0 saturated carbocycles. The van der Waals surface area contributed by atoms with Crippen LogP contribution in [0, 0.1) is 11.6 Å². The number of pyridine rings is 1. The zero-order chi connectivity index (χ0) is 27.8. The molecule has 11 heteroatoms. The topological polar surface area (TPSA) is 116 Å². The number of nitrogens with two attached hydrogens (primary N) is 1. The molecule has 8 nitrogen and oxygen atoms in total. The van der Waals surface area contributed by atoms with Gasteiger partial charge in [-0.05, 0) is 69.1 Å². The first-order chi connectivity index (χ1) is 18.8. The van der Waals surface area contributed by atoms with Gasteiger partial charge in [-0.25, -0.2) is 13.8 Å². The number of aromatic amines is 1. The summed E-state index contributed by atoms with van der Waals surface area (Å²) in [6, 6.07) is 3.33. The van der Waals surface area contributed by atoms with Gasteiger partial charge in [0.05, 0.1) is 11.1 Å². The maximum Gasteiger partial charge on any atom is 0.243 e. The number of unbranched alkanes of at least 4 members (excludes halogenated alkanes) is 1. The number of amides is 2. The number of carbonyl (C=O) groups is 2. The first kappa shape index (κ1) is 28.9. The maximum atomic E-state index is 13.8. The molecular weight excluding hydrogens is 526 g/mol. The fraction of sp³-hybridized carbons (Fsp3) is 0.464. The summed E-state index contributed by atoms with van der Waals surface area (Å²) in [4.78, 5) is 35.8. The molecule has 210 valence electrons. The van der Waals surface area contributed by atoms with Gasteiger partial charge < -0.3 is 26.3 Å².